The molecule has 0 atom stereocenters. The zero-order chi connectivity index (χ0) is 23.8. The number of hydrogen-bond acceptors (Lipinski definition) is 4. The first-order chi connectivity index (χ1) is 15.7. The highest BCUT2D eigenvalue weighted by molar-refractivity contribution is 5.95. The fourth-order valence-electron chi connectivity index (χ4n) is 2.79. The highest BCUT2D eigenvalue weighted by Crippen LogP contribution is 2.24. The summed E-state index contributed by atoms with van der Waals surface area (Å²) in [5, 5.41) is 8.04. The molecular formula is C23H19F4N3O3. The normalized spacial score (nSPS) is 10.9. The van der Waals surface area contributed by atoms with Gasteiger partial charge in [-0.1, -0.05) is 18.2 Å². The number of ether oxygens (including phenoxy) is 1. The molecule has 3 aromatic carbocycles. The topological polar surface area (TPSA) is 79.5 Å². The number of anilines is 2. The van der Waals surface area contributed by atoms with E-state index >= 15 is 0 Å². The summed E-state index contributed by atoms with van der Waals surface area (Å²) in [4.78, 5) is 24.3. The van der Waals surface area contributed by atoms with Crippen LogP contribution in [-0.2, 0) is 11.3 Å². The zero-order valence-electron chi connectivity index (χ0n) is 17.1. The Labute approximate surface area is 186 Å². The van der Waals surface area contributed by atoms with Crippen LogP contribution in [0.25, 0.3) is 0 Å². The van der Waals surface area contributed by atoms with Crippen molar-refractivity contribution >= 4 is 23.2 Å². The Bertz CT molecular complexity index is 1100. The van der Waals surface area contributed by atoms with Gasteiger partial charge in [-0.3, -0.25) is 9.59 Å². The monoisotopic (exact) mass is 461 g/mol. The molecule has 0 bridgehead atoms. The maximum atomic E-state index is 13.6. The molecule has 3 rings (SSSR count). The molecule has 0 aromatic heterocycles. The first kappa shape index (κ1) is 23.6. The van der Waals surface area contributed by atoms with Crippen molar-refractivity contribution in [3.05, 3.63) is 89.7 Å². The van der Waals surface area contributed by atoms with Crippen molar-refractivity contribution in [3.63, 3.8) is 0 Å². The van der Waals surface area contributed by atoms with E-state index in [4.69, 9.17) is 0 Å². The Kier molecular flexibility index (Phi) is 7.50. The van der Waals surface area contributed by atoms with E-state index in [1.807, 2.05) is 0 Å². The summed E-state index contributed by atoms with van der Waals surface area (Å²) in [6.45, 7) is -0.0609. The Morgan fingerprint density at radius 2 is 1.48 bits per heavy atom. The maximum Gasteiger partial charge on any atom is 0.573 e. The van der Waals surface area contributed by atoms with Gasteiger partial charge in [0.1, 0.15) is 11.6 Å². The van der Waals surface area contributed by atoms with E-state index in [-0.39, 0.29) is 19.0 Å². The smallest absolute Gasteiger partial charge is 0.406 e. The maximum absolute atomic E-state index is 13.6. The van der Waals surface area contributed by atoms with Gasteiger partial charge in [0.05, 0.1) is 6.54 Å². The number of amides is 2. The lowest BCUT2D eigenvalue weighted by atomic mass is 10.1. The van der Waals surface area contributed by atoms with Crippen molar-refractivity contribution in [3.8, 4) is 5.75 Å². The van der Waals surface area contributed by atoms with Crippen molar-refractivity contribution in [2.75, 3.05) is 17.2 Å². The lowest BCUT2D eigenvalue weighted by molar-refractivity contribution is -0.274. The SMILES string of the molecule is O=C(CNc1ccc(C(=O)NCc2ccccc2F)cc1)Nc1ccc(OC(F)(F)F)cc1. The fourth-order valence-corrected chi connectivity index (χ4v) is 2.79. The second-order valence-corrected chi connectivity index (χ2v) is 6.83. The van der Waals surface area contributed by atoms with Gasteiger partial charge in [-0.05, 0) is 54.6 Å². The van der Waals surface area contributed by atoms with Crippen molar-refractivity contribution < 1.29 is 31.9 Å². The molecule has 6 nitrogen and oxygen atoms in total. The van der Waals surface area contributed by atoms with Crippen LogP contribution in [-0.4, -0.2) is 24.7 Å². The van der Waals surface area contributed by atoms with E-state index in [0.717, 1.165) is 12.1 Å². The first-order valence-corrected chi connectivity index (χ1v) is 9.71. The number of carbonyl (C=O) groups is 2. The summed E-state index contributed by atoms with van der Waals surface area (Å²) in [5.41, 5.74) is 1.61. The number of carbonyl (C=O) groups excluding carboxylic acids is 2. The molecular weight excluding hydrogens is 442 g/mol. The molecule has 0 fully saturated rings. The van der Waals surface area contributed by atoms with Gasteiger partial charge in [-0.2, -0.15) is 0 Å². The number of benzene rings is 3. The lowest BCUT2D eigenvalue weighted by Crippen LogP contribution is -2.23. The number of rotatable bonds is 8. The third kappa shape index (κ3) is 7.53. The molecule has 0 aliphatic carbocycles. The Balaban J connectivity index is 1.45. The summed E-state index contributed by atoms with van der Waals surface area (Å²) in [6, 6.07) is 17.2. The molecule has 0 radical (unpaired) electrons. The van der Waals surface area contributed by atoms with Crippen LogP contribution in [0, 0.1) is 5.82 Å². The van der Waals surface area contributed by atoms with Gasteiger partial charge in [-0.25, -0.2) is 4.39 Å². The molecule has 0 saturated carbocycles. The summed E-state index contributed by atoms with van der Waals surface area (Å²) in [6.07, 6.45) is -4.79. The van der Waals surface area contributed by atoms with Crippen LogP contribution in [0.4, 0.5) is 28.9 Å². The number of halogens is 4. The Hall–Kier alpha value is -4.08. The molecule has 3 N–H and O–H groups in total. The van der Waals surface area contributed by atoms with Gasteiger partial charge in [-0.15, -0.1) is 13.2 Å². The Morgan fingerprint density at radius 3 is 2.12 bits per heavy atom. The number of hydrogen-bond donors (Lipinski definition) is 3. The van der Waals surface area contributed by atoms with Crippen molar-refractivity contribution in [2.24, 2.45) is 0 Å². The molecule has 10 heteroatoms. The van der Waals surface area contributed by atoms with Gasteiger partial charge in [0, 0.05) is 29.0 Å². The Morgan fingerprint density at radius 1 is 0.848 bits per heavy atom. The van der Waals surface area contributed by atoms with Crippen LogP contribution in [0.1, 0.15) is 15.9 Å². The molecule has 0 aliphatic heterocycles. The van der Waals surface area contributed by atoms with Crippen molar-refractivity contribution in [1.29, 1.82) is 0 Å². The van der Waals surface area contributed by atoms with E-state index in [1.54, 1.807) is 42.5 Å². The molecule has 2 amide bonds. The van der Waals surface area contributed by atoms with Gasteiger partial charge >= 0.3 is 6.36 Å². The molecule has 33 heavy (non-hydrogen) atoms. The summed E-state index contributed by atoms with van der Waals surface area (Å²) in [7, 11) is 0. The number of alkyl halides is 3. The van der Waals surface area contributed by atoms with Crippen LogP contribution in [0.3, 0.4) is 0 Å². The van der Waals surface area contributed by atoms with Crippen LogP contribution < -0.4 is 20.7 Å². The summed E-state index contributed by atoms with van der Waals surface area (Å²) < 4.78 is 53.9. The molecule has 3 aromatic rings. The average molecular weight is 461 g/mol. The lowest BCUT2D eigenvalue weighted by Gasteiger charge is -2.11. The number of nitrogens with one attached hydrogen (secondary N) is 3. The van der Waals surface area contributed by atoms with Gasteiger partial charge < -0.3 is 20.7 Å². The van der Waals surface area contributed by atoms with Crippen LogP contribution >= 0.6 is 0 Å². The van der Waals surface area contributed by atoms with E-state index in [2.05, 4.69) is 20.7 Å². The minimum Gasteiger partial charge on any atom is -0.406 e. The highest BCUT2D eigenvalue weighted by Gasteiger charge is 2.30. The van der Waals surface area contributed by atoms with Crippen LogP contribution in [0.5, 0.6) is 5.75 Å². The average Bonchev–Trinajstić information content (AvgIpc) is 2.78. The molecule has 172 valence electrons. The van der Waals surface area contributed by atoms with E-state index < -0.39 is 23.8 Å². The third-order valence-corrected chi connectivity index (χ3v) is 4.37. The largest absolute Gasteiger partial charge is 0.573 e. The molecule has 0 unspecified atom stereocenters. The van der Waals surface area contributed by atoms with E-state index in [9.17, 15) is 27.2 Å². The quantitative estimate of drug-likeness (QED) is 0.425. The fraction of sp³-hybridized carbons (Fsp3) is 0.130. The first-order valence-electron chi connectivity index (χ1n) is 9.71. The van der Waals surface area contributed by atoms with E-state index in [0.29, 0.717) is 22.5 Å². The molecule has 0 saturated heterocycles. The van der Waals surface area contributed by atoms with Crippen molar-refractivity contribution in [1.82, 2.24) is 5.32 Å². The molecule has 0 spiro atoms. The zero-order valence-corrected chi connectivity index (χ0v) is 17.1. The van der Waals surface area contributed by atoms with Crippen LogP contribution in [0.15, 0.2) is 72.8 Å². The van der Waals surface area contributed by atoms with Gasteiger partial charge in [0.15, 0.2) is 0 Å². The standard InChI is InChI=1S/C23H19F4N3O3/c24-20-4-2-1-3-16(20)13-29-22(32)15-5-7-17(8-6-15)28-14-21(31)30-18-9-11-19(12-10-18)33-23(25,26)27/h1-12,28H,13-14H2,(H,29,32)(H,30,31). The second-order valence-electron chi connectivity index (χ2n) is 6.83. The summed E-state index contributed by atoms with van der Waals surface area (Å²) in [5.74, 6) is -1.59. The van der Waals surface area contributed by atoms with Gasteiger partial charge in [0.2, 0.25) is 5.91 Å². The predicted octanol–water partition coefficient (Wildman–Crippen LogP) is 4.70. The van der Waals surface area contributed by atoms with E-state index in [1.165, 1.54) is 18.2 Å². The predicted molar refractivity (Wildman–Crippen MR) is 114 cm³/mol. The second kappa shape index (κ2) is 10.5. The molecule has 0 heterocycles. The summed E-state index contributed by atoms with van der Waals surface area (Å²) >= 11 is 0. The van der Waals surface area contributed by atoms with Gasteiger partial charge in [0.25, 0.3) is 5.91 Å². The minimum absolute atomic E-state index is 0.0506. The minimum atomic E-state index is -4.79. The molecule has 0 aliphatic rings. The van der Waals surface area contributed by atoms with Crippen LogP contribution in [0.2, 0.25) is 0 Å². The third-order valence-electron chi connectivity index (χ3n) is 4.37. The highest BCUT2D eigenvalue weighted by atomic mass is 19.4. The van der Waals surface area contributed by atoms with Crippen molar-refractivity contribution in [2.45, 2.75) is 12.9 Å².